The van der Waals surface area contributed by atoms with Crippen LogP contribution < -0.4 is 0 Å². The molecule has 0 radical (unpaired) electrons. The fourth-order valence-corrected chi connectivity index (χ4v) is 5.51. The molecule has 13 nitrogen and oxygen atoms in total. The molecule has 2 unspecified atom stereocenters. The lowest BCUT2D eigenvalue weighted by atomic mass is 9.86. The first-order chi connectivity index (χ1) is 22.1. The molecule has 13 heteroatoms. The zero-order valence-corrected chi connectivity index (χ0v) is 25.7. The predicted molar refractivity (Wildman–Crippen MR) is 164 cm³/mol. The van der Waals surface area contributed by atoms with Gasteiger partial charge >= 0.3 is 11.9 Å². The second kappa shape index (κ2) is 16.0. The minimum Gasteiger partial charge on any atom is -0.458 e. The first-order valence-corrected chi connectivity index (χ1v) is 14.7. The number of non-ortho nitro benzene ring substituents is 2. The van der Waals surface area contributed by atoms with Gasteiger partial charge in [-0.1, -0.05) is 30.3 Å². The van der Waals surface area contributed by atoms with Crippen molar-refractivity contribution in [1.29, 1.82) is 0 Å². The summed E-state index contributed by atoms with van der Waals surface area (Å²) in [6, 6.07) is 19.8. The second-order valence-corrected chi connectivity index (χ2v) is 11.0. The standard InChI is InChI=1S/C33H36N2O11/c1-21(42-2)17-29-28(18-22-7-5-4-6-8-22)31(43-3)30(46-29)19-27(45-33(37)24-11-15-26(16-12-24)35(40)41)20-44-32(36)23-9-13-25(14-10-23)34(38)39/h4-16,21,27-31H,17-20H2,1-3H3/t21?,27-,28-,29?,30+,31+/m0/s1. The largest absolute Gasteiger partial charge is 0.458 e. The molecule has 6 atom stereocenters. The molecule has 0 aliphatic carbocycles. The Morgan fingerprint density at radius 2 is 1.37 bits per heavy atom. The van der Waals surface area contributed by atoms with Gasteiger partial charge in [0.1, 0.15) is 12.7 Å². The van der Waals surface area contributed by atoms with E-state index in [1.54, 1.807) is 14.2 Å². The van der Waals surface area contributed by atoms with E-state index in [1.807, 2.05) is 37.3 Å². The van der Waals surface area contributed by atoms with Gasteiger partial charge in [-0.3, -0.25) is 20.2 Å². The topological polar surface area (TPSA) is 167 Å². The molecule has 3 aromatic rings. The molecular formula is C33H36N2O11. The van der Waals surface area contributed by atoms with Crippen LogP contribution >= 0.6 is 0 Å². The van der Waals surface area contributed by atoms with Crippen LogP contribution in [0.1, 0.15) is 46.0 Å². The van der Waals surface area contributed by atoms with E-state index < -0.39 is 40.1 Å². The number of hydrogen-bond acceptors (Lipinski definition) is 11. The zero-order chi connectivity index (χ0) is 33.2. The van der Waals surface area contributed by atoms with E-state index >= 15 is 0 Å². The third kappa shape index (κ3) is 8.93. The van der Waals surface area contributed by atoms with E-state index in [-0.39, 0.29) is 53.7 Å². The summed E-state index contributed by atoms with van der Waals surface area (Å²) in [4.78, 5) is 46.9. The summed E-state index contributed by atoms with van der Waals surface area (Å²) >= 11 is 0. The number of rotatable bonds is 15. The van der Waals surface area contributed by atoms with Crippen molar-refractivity contribution >= 4 is 23.3 Å². The average Bonchev–Trinajstić information content (AvgIpc) is 3.38. The average molecular weight is 637 g/mol. The molecule has 1 aliphatic rings. The summed E-state index contributed by atoms with van der Waals surface area (Å²) in [6.45, 7) is 1.60. The Balaban J connectivity index is 1.55. The number of hydrogen-bond donors (Lipinski definition) is 0. The molecule has 0 N–H and O–H groups in total. The van der Waals surface area contributed by atoms with Crippen molar-refractivity contribution in [2.75, 3.05) is 20.8 Å². The first kappa shape index (κ1) is 34.2. The molecule has 0 amide bonds. The van der Waals surface area contributed by atoms with Crippen LogP contribution in [0.2, 0.25) is 0 Å². The van der Waals surface area contributed by atoms with Crippen LogP contribution in [-0.4, -0.2) is 73.1 Å². The number of nitro groups is 2. The Bertz CT molecular complexity index is 1480. The fourth-order valence-electron chi connectivity index (χ4n) is 5.51. The Morgan fingerprint density at radius 3 is 1.89 bits per heavy atom. The number of esters is 2. The van der Waals surface area contributed by atoms with Crippen molar-refractivity contribution in [1.82, 2.24) is 0 Å². The Kier molecular flexibility index (Phi) is 11.9. The van der Waals surface area contributed by atoms with Gasteiger partial charge in [-0.2, -0.15) is 0 Å². The number of nitro benzene ring substituents is 2. The molecule has 244 valence electrons. The highest BCUT2D eigenvalue weighted by molar-refractivity contribution is 5.90. The third-order valence-electron chi connectivity index (χ3n) is 7.97. The third-order valence-corrected chi connectivity index (χ3v) is 7.97. The highest BCUT2D eigenvalue weighted by Crippen LogP contribution is 2.37. The van der Waals surface area contributed by atoms with Gasteiger partial charge in [-0.05, 0) is 49.6 Å². The van der Waals surface area contributed by atoms with Gasteiger partial charge in [0.15, 0.2) is 0 Å². The van der Waals surface area contributed by atoms with E-state index in [0.29, 0.717) is 12.8 Å². The van der Waals surface area contributed by atoms with Crippen molar-refractivity contribution in [3.8, 4) is 0 Å². The van der Waals surface area contributed by atoms with Crippen molar-refractivity contribution in [3.05, 3.63) is 116 Å². The molecule has 0 bridgehead atoms. The molecule has 1 aliphatic heterocycles. The smallest absolute Gasteiger partial charge is 0.338 e. The summed E-state index contributed by atoms with van der Waals surface area (Å²) in [7, 11) is 3.22. The van der Waals surface area contributed by atoms with Gasteiger partial charge in [-0.25, -0.2) is 9.59 Å². The van der Waals surface area contributed by atoms with E-state index in [2.05, 4.69) is 0 Å². The van der Waals surface area contributed by atoms with Gasteiger partial charge in [0.25, 0.3) is 11.4 Å². The van der Waals surface area contributed by atoms with E-state index in [1.165, 1.54) is 48.5 Å². The molecule has 0 aromatic heterocycles. The number of methoxy groups -OCH3 is 2. The number of benzene rings is 3. The maximum absolute atomic E-state index is 13.1. The molecular weight excluding hydrogens is 600 g/mol. The van der Waals surface area contributed by atoms with Gasteiger partial charge in [0.2, 0.25) is 0 Å². The van der Waals surface area contributed by atoms with Crippen molar-refractivity contribution in [2.45, 2.75) is 56.7 Å². The van der Waals surface area contributed by atoms with Crippen LogP contribution in [0.5, 0.6) is 0 Å². The maximum atomic E-state index is 13.1. The highest BCUT2D eigenvalue weighted by atomic mass is 16.6. The fraction of sp³-hybridized carbons (Fsp3) is 0.394. The first-order valence-electron chi connectivity index (χ1n) is 14.7. The second-order valence-electron chi connectivity index (χ2n) is 11.0. The minimum absolute atomic E-state index is 0.0660. The summed E-state index contributed by atoms with van der Waals surface area (Å²) in [5, 5.41) is 22.0. The SMILES string of the molecule is COC(C)CC1O[C@H](C[C@@H](COC(=O)c2ccc([N+](=O)[O-])cc2)OC(=O)c2ccc([N+](=O)[O-])cc2)[C@H](OC)[C@H]1Cc1ccccc1. The predicted octanol–water partition coefficient (Wildman–Crippen LogP) is 5.34. The van der Waals surface area contributed by atoms with Gasteiger partial charge in [0.05, 0.1) is 45.4 Å². The zero-order valence-electron chi connectivity index (χ0n) is 25.7. The quantitative estimate of drug-likeness (QED) is 0.120. The minimum atomic E-state index is -0.997. The lowest BCUT2D eigenvalue weighted by Gasteiger charge is -2.26. The summed E-state index contributed by atoms with van der Waals surface area (Å²) in [5.74, 6) is -1.61. The number of nitrogens with zero attached hydrogens (tertiary/aromatic N) is 2. The van der Waals surface area contributed by atoms with Crippen LogP contribution in [0, 0.1) is 26.1 Å². The van der Waals surface area contributed by atoms with Crippen molar-refractivity contribution < 1.29 is 43.1 Å². The summed E-state index contributed by atoms with van der Waals surface area (Å²) in [6.07, 6.45) is -0.944. The molecule has 3 aromatic carbocycles. The molecule has 0 saturated carbocycles. The van der Waals surface area contributed by atoms with Crippen LogP contribution in [0.3, 0.4) is 0 Å². The van der Waals surface area contributed by atoms with Crippen molar-refractivity contribution in [3.63, 3.8) is 0 Å². The summed E-state index contributed by atoms with van der Waals surface area (Å²) < 4.78 is 29.3. The monoisotopic (exact) mass is 636 g/mol. The Labute approximate surface area is 265 Å². The van der Waals surface area contributed by atoms with Gasteiger partial charge < -0.3 is 23.7 Å². The Morgan fingerprint density at radius 1 is 0.804 bits per heavy atom. The van der Waals surface area contributed by atoms with E-state index in [0.717, 1.165) is 5.56 Å². The van der Waals surface area contributed by atoms with Gasteiger partial charge in [0, 0.05) is 50.8 Å². The lowest BCUT2D eigenvalue weighted by molar-refractivity contribution is -0.385. The van der Waals surface area contributed by atoms with Crippen LogP contribution in [0.15, 0.2) is 78.9 Å². The number of carbonyl (C=O) groups excluding carboxylic acids is 2. The van der Waals surface area contributed by atoms with Crippen molar-refractivity contribution in [2.24, 2.45) is 5.92 Å². The lowest BCUT2D eigenvalue weighted by Crippen LogP contribution is -2.36. The Hall–Kier alpha value is -4.72. The number of ether oxygens (including phenoxy) is 5. The van der Waals surface area contributed by atoms with Crippen LogP contribution in [0.25, 0.3) is 0 Å². The highest BCUT2D eigenvalue weighted by Gasteiger charge is 2.46. The van der Waals surface area contributed by atoms with Crippen LogP contribution in [-0.2, 0) is 30.1 Å². The van der Waals surface area contributed by atoms with Gasteiger partial charge in [-0.15, -0.1) is 0 Å². The molecule has 46 heavy (non-hydrogen) atoms. The van der Waals surface area contributed by atoms with Crippen LogP contribution in [0.4, 0.5) is 11.4 Å². The van der Waals surface area contributed by atoms with E-state index in [9.17, 15) is 29.8 Å². The molecule has 1 fully saturated rings. The molecule has 4 rings (SSSR count). The maximum Gasteiger partial charge on any atom is 0.338 e. The number of carbonyl (C=O) groups is 2. The molecule has 1 saturated heterocycles. The molecule has 1 heterocycles. The van der Waals surface area contributed by atoms with E-state index in [4.69, 9.17) is 23.7 Å². The normalized spacial score (nSPS) is 20.4. The summed E-state index contributed by atoms with van der Waals surface area (Å²) in [5.41, 5.74) is 0.884. The molecule has 0 spiro atoms.